The first-order valence-corrected chi connectivity index (χ1v) is 12.3. The SMILES string of the molecule is CC1CN(C(=O)C(C)OC(=O)c2cccc(S(=O)(=O)NCc3cccs3)c2)CC(C)O1. The average molecular weight is 467 g/mol. The maximum Gasteiger partial charge on any atom is 0.338 e. The molecule has 2 aromatic rings. The van der Waals surface area contributed by atoms with Gasteiger partial charge in [0, 0.05) is 24.5 Å². The summed E-state index contributed by atoms with van der Waals surface area (Å²) in [5.41, 5.74) is 0.0577. The van der Waals surface area contributed by atoms with Gasteiger partial charge in [0.25, 0.3) is 5.91 Å². The number of sulfonamides is 1. The van der Waals surface area contributed by atoms with E-state index in [9.17, 15) is 18.0 Å². The van der Waals surface area contributed by atoms with Gasteiger partial charge >= 0.3 is 5.97 Å². The van der Waals surface area contributed by atoms with E-state index in [0.29, 0.717) is 13.1 Å². The largest absolute Gasteiger partial charge is 0.449 e. The molecule has 1 fully saturated rings. The van der Waals surface area contributed by atoms with Crippen LogP contribution in [0.3, 0.4) is 0 Å². The second-order valence-corrected chi connectivity index (χ2v) is 10.3. The van der Waals surface area contributed by atoms with Crippen LogP contribution in [0.25, 0.3) is 0 Å². The predicted molar refractivity (Wildman–Crippen MR) is 116 cm³/mol. The van der Waals surface area contributed by atoms with Crippen molar-refractivity contribution in [2.45, 2.75) is 50.5 Å². The highest BCUT2D eigenvalue weighted by Gasteiger charge is 2.30. The van der Waals surface area contributed by atoms with Gasteiger partial charge in [-0.2, -0.15) is 0 Å². The molecular formula is C21H26N2O6S2. The van der Waals surface area contributed by atoms with E-state index < -0.39 is 22.1 Å². The van der Waals surface area contributed by atoms with E-state index in [0.717, 1.165) is 4.88 Å². The van der Waals surface area contributed by atoms with Crippen LogP contribution in [0, 0.1) is 0 Å². The Morgan fingerprint density at radius 1 is 1.23 bits per heavy atom. The number of nitrogens with zero attached hydrogens (tertiary/aromatic N) is 1. The van der Waals surface area contributed by atoms with Crippen molar-refractivity contribution < 1.29 is 27.5 Å². The van der Waals surface area contributed by atoms with Crippen molar-refractivity contribution in [3.8, 4) is 0 Å². The fourth-order valence-corrected chi connectivity index (χ4v) is 5.13. The molecule has 0 radical (unpaired) electrons. The fraction of sp³-hybridized carbons (Fsp3) is 0.429. The lowest BCUT2D eigenvalue weighted by Crippen LogP contribution is -2.51. The van der Waals surface area contributed by atoms with E-state index in [1.807, 2.05) is 31.4 Å². The number of carbonyl (C=O) groups excluding carboxylic acids is 2. The Bertz CT molecular complexity index is 1010. The zero-order chi connectivity index (χ0) is 22.6. The lowest BCUT2D eigenvalue weighted by Gasteiger charge is -2.36. The number of esters is 1. The Morgan fingerprint density at radius 3 is 2.58 bits per heavy atom. The molecule has 1 aromatic heterocycles. The monoisotopic (exact) mass is 466 g/mol. The summed E-state index contributed by atoms with van der Waals surface area (Å²) in [4.78, 5) is 27.7. The van der Waals surface area contributed by atoms with Crippen molar-refractivity contribution in [1.82, 2.24) is 9.62 Å². The molecule has 1 saturated heterocycles. The van der Waals surface area contributed by atoms with Gasteiger partial charge in [0.2, 0.25) is 10.0 Å². The van der Waals surface area contributed by atoms with Gasteiger partial charge in [-0.25, -0.2) is 17.9 Å². The Balaban J connectivity index is 1.64. The topological polar surface area (TPSA) is 102 Å². The third-order valence-corrected chi connectivity index (χ3v) is 7.03. The normalized spacial score (nSPS) is 20.3. The maximum absolute atomic E-state index is 12.7. The van der Waals surface area contributed by atoms with Crippen LogP contribution in [0.2, 0.25) is 0 Å². The molecule has 10 heteroatoms. The summed E-state index contributed by atoms with van der Waals surface area (Å²) < 4.78 is 38.6. The van der Waals surface area contributed by atoms with Gasteiger partial charge in [0.15, 0.2) is 6.10 Å². The zero-order valence-electron chi connectivity index (χ0n) is 17.6. The van der Waals surface area contributed by atoms with Crippen LogP contribution in [-0.2, 0) is 30.8 Å². The van der Waals surface area contributed by atoms with Gasteiger partial charge < -0.3 is 14.4 Å². The third-order valence-electron chi connectivity index (χ3n) is 4.76. The average Bonchev–Trinajstić information content (AvgIpc) is 3.25. The molecule has 0 saturated carbocycles. The molecule has 3 rings (SSSR count). The van der Waals surface area contributed by atoms with Gasteiger partial charge in [-0.1, -0.05) is 12.1 Å². The molecule has 0 aliphatic carbocycles. The van der Waals surface area contributed by atoms with Crippen molar-refractivity contribution in [3.63, 3.8) is 0 Å². The number of thiophene rings is 1. The van der Waals surface area contributed by atoms with Crippen molar-refractivity contribution in [2.75, 3.05) is 13.1 Å². The summed E-state index contributed by atoms with van der Waals surface area (Å²) in [5, 5.41) is 1.86. The van der Waals surface area contributed by atoms with E-state index in [1.54, 1.807) is 4.90 Å². The van der Waals surface area contributed by atoms with Crippen molar-refractivity contribution in [3.05, 3.63) is 52.2 Å². The number of rotatable bonds is 7. The molecule has 0 bridgehead atoms. The minimum atomic E-state index is -3.81. The van der Waals surface area contributed by atoms with Crippen molar-refractivity contribution in [1.29, 1.82) is 0 Å². The van der Waals surface area contributed by atoms with Gasteiger partial charge in [-0.3, -0.25) is 4.79 Å². The van der Waals surface area contributed by atoms with Gasteiger partial charge in [0.1, 0.15) is 0 Å². The Hall–Kier alpha value is -2.27. The quantitative estimate of drug-likeness (QED) is 0.629. The van der Waals surface area contributed by atoms with Crippen LogP contribution in [0.1, 0.15) is 36.0 Å². The molecule has 31 heavy (non-hydrogen) atoms. The third kappa shape index (κ3) is 6.13. The minimum absolute atomic E-state index is 0.0479. The van der Waals surface area contributed by atoms with E-state index in [2.05, 4.69) is 4.72 Å². The van der Waals surface area contributed by atoms with Crippen molar-refractivity contribution in [2.24, 2.45) is 0 Å². The second-order valence-electron chi connectivity index (χ2n) is 7.48. The molecule has 8 nitrogen and oxygen atoms in total. The summed E-state index contributed by atoms with van der Waals surface area (Å²) in [5.74, 6) is -1.07. The molecule has 3 unspecified atom stereocenters. The summed E-state index contributed by atoms with van der Waals surface area (Å²) in [6, 6.07) is 9.24. The Morgan fingerprint density at radius 2 is 1.94 bits per heavy atom. The number of benzene rings is 1. The minimum Gasteiger partial charge on any atom is -0.449 e. The highest BCUT2D eigenvalue weighted by Crippen LogP contribution is 2.17. The first kappa shape index (κ1) is 23.4. The summed E-state index contributed by atoms with van der Waals surface area (Å²) in [6.45, 7) is 6.28. The van der Waals surface area contributed by atoms with Crippen LogP contribution in [-0.4, -0.2) is 56.6 Å². The summed E-state index contributed by atoms with van der Waals surface area (Å²) in [6.07, 6.45) is -1.19. The first-order chi connectivity index (χ1) is 14.7. The molecule has 0 spiro atoms. The van der Waals surface area contributed by atoms with Gasteiger partial charge in [0.05, 0.1) is 22.7 Å². The van der Waals surface area contributed by atoms with Crippen LogP contribution in [0.4, 0.5) is 0 Å². The Kier molecular flexibility index (Phi) is 7.47. The van der Waals surface area contributed by atoms with Crippen LogP contribution >= 0.6 is 11.3 Å². The predicted octanol–water partition coefficient (Wildman–Crippen LogP) is 2.41. The molecule has 1 aromatic carbocycles. The summed E-state index contributed by atoms with van der Waals surface area (Å²) in [7, 11) is -3.81. The van der Waals surface area contributed by atoms with Crippen LogP contribution in [0.5, 0.6) is 0 Å². The van der Waals surface area contributed by atoms with E-state index in [4.69, 9.17) is 9.47 Å². The molecule has 1 amide bonds. The molecule has 1 aliphatic rings. The number of hydrogen-bond donors (Lipinski definition) is 1. The zero-order valence-corrected chi connectivity index (χ0v) is 19.2. The Labute approximate surface area is 186 Å². The maximum atomic E-state index is 12.7. The van der Waals surface area contributed by atoms with Gasteiger partial charge in [-0.15, -0.1) is 11.3 Å². The van der Waals surface area contributed by atoms with Crippen LogP contribution < -0.4 is 4.72 Å². The van der Waals surface area contributed by atoms with Crippen molar-refractivity contribution >= 4 is 33.2 Å². The molecule has 2 heterocycles. The van der Waals surface area contributed by atoms with E-state index in [1.165, 1.54) is 42.5 Å². The number of amides is 1. The standard InChI is InChI=1S/C21H26N2O6S2/c1-14-12-23(13-15(2)28-14)20(24)16(3)29-21(25)17-6-4-8-19(10-17)31(26,27)22-11-18-7-5-9-30-18/h4-10,14-16,22H,11-13H2,1-3H3. The molecule has 1 aliphatic heterocycles. The molecule has 1 N–H and O–H groups in total. The lowest BCUT2D eigenvalue weighted by molar-refractivity contribution is -0.151. The van der Waals surface area contributed by atoms with Crippen LogP contribution in [0.15, 0.2) is 46.7 Å². The number of ether oxygens (including phenoxy) is 2. The smallest absolute Gasteiger partial charge is 0.338 e. The van der Waals surface area contributed by atoms with E-state index >= 15 is 0 Å². The number of hydrogen-bond acceptors (Lipinski definition) is 7. The highest BCUT2D eigenvalue weighted by atomic mass is 32.2. The van der Waals surface area contributed by atoms with E-state index in [-0.39, 0.29) is 35.1 Å². The number of morpholine rings is 1. The lowest BCUT2D eigenvalue weighted by atomic mass is 10.2. The first-order valence-electron chi connectivity index (χ1n) is 9.93. The molecule has 168 valence electrons. The molecular weight excluding hydrogens is 440 g/mol. The highest BCUT2D eigenvalue weighted by molar-refractivity contribution is 7.89. The molecule has 3 atom stereocenters. The second kappa shape index (κ2) is 9.90. The summed E-state index contributed by atoms with van der Waals surface area (Å²) >= 11 is 1.44. The number of nitrogens with one attached hydrogen (secondary N) is 1. The number of carbonyl (C=O) groups is 2. The fourth-order valence-electron chi connectivity index (χ4n) is 3.35. The van der Waals surface area contributed by atoms with Gasteiger partial charge in [-0.05, 0) is 50.4 Å².